The highest BCUT2D eigenvalue weighted by molar-refractivity contribution is 5.78. The molecule has 6 nitrogen and oxygen atoms in total. The van der Waals surface area contributed by atoms with Crippen LogP contribution in [0.25, 0.3) is 5.65 Å². The number of aromatic nitrogens is 2. The van der Waals surface area contributed by atoms with Gasteiger partial charge in [-0.2, -0.15) is 0 Å². The molecule has 6 heteroatoms. The maximum atomic E-state index is 12.9. The summed E-state index contributed by atoms with van der Waals surface area (Å²) in [7, 11) is 3.65. The predicted octanol–water partition coefficient (Wildman–Crippen LogP) is 3.13. The standard InChI is InChI=1S/C25H32N4O2/c1-20-8-7-13-29-18-22(26-24(20)29)25(21-9-5-4-6-10-21)11-14-28(15-12-25)23(30)19-27(2)16-17-31-3/h4-10,13,18H,11-12,14-17,19H2,1-3H3. The Morgan fingerprint density at radius 1 is 1.16 bits per heavy atom. The normalized spacial score (nSPS) is 16.2. The molecule has 3 aromatic rings. The smallest absolute Gasteiger partial charge is 0.236 e. The molecular formula is C25H32N4O2. The first-order valence-electron chi connectivity index (χ1n) is 11.0. The number of likely N-dealkylation sites (N-methyl/N-ethyl adjacent to an activating group) is 1. The number of rotatable bonds is 7. The second-order valence-corrected chi connectivity index (χ2v) is 8.61. The number of imidazole rings is 1. The zero-order valence-corrected chi connectivity index (χ0v) is 18.8. The highest BCUT2D eigenvalue weighted by Crippen LogP contribution is 2.41. The maximum absolute atomic E-state index is 12.9. The number of carbonyl (C=O) groups is 1. The Hall–Kier alpha value is -2.70. The number of nitrogens with zero attached hydrogens (tertiary/aromatic N) is 4. The molecule has 2 aromatic heterocycles. The van der Waals surface area contributed by atoms with Gasteiger partial charge >= 0.3 is 0 Å². The van der Waals surface area contributed by atoms with Crippen molar-refractivity contribution in [1.82, 2.24) is 19.2 Å². The average Bonchev–Trinajstić information content (AvgIpc) is 3.24. The minimum atomic E-state index is -0.182. The van der Waals surface area contributed by atoms with E-state index in [0.29, 0.717) is 13.2 Å². The molecule has 0 aliphatic carbocycles. The van der Waals surface area contributed by atoms with Gasteiger partial charge in [-0.25, -0.2) is 4.98 Å². The molecule has 1 saturated heterocycles. The Bertz CT molecular complexity index is 1020. The van der Waals surface area contributed by atoms with Gasteiger partial charge in [-0.15, -0.1) is 0 Å². The highest BCUT2D eigenvalue weighted by atomic mass is 16.5. The molecule has 1 fully saturated rings. The van der Waals surface area contributed by atoms with E-state index in [1.165, 1.54) is 11.1 Å². The van der Waals surface area contributed by atoms with Crippen LogP contribution in [0.1, 0.15) is 29.7 Å². The summed E-state index contributed by atoms with van der Waals surface area (Å²) in [5.74, 6) is 0.186. The number of hydrogen-bond acceptors (Lipinski definition) is 4. The fourth-order valence-corrected chi connectivity index (χ4v) is 4.63. The summed E-state index contributed by atoms with van der Waals surface area (Å²) in [4.78, 5) is 22.0. The number of amides is 1. The van der Waals surface area contributed by atoms with E-state index in [4.69, 9.17) is 9.72 Å². The van der Waals surface area contributed by atoms with Gasteiger partial charge in [0, 0.05) is 44.6 Å². The molecule has 0 spiro atoms. The Morgan fingerprint density at radius 3 is 2.58 bits per heavy atom. The average molecular weight is 421 g/mol. The van der Waals surface area contributed by atoms with Crippen molar-refractivity contribution < 1.29 is 9.53 Å². The van der Waals surface area contributed by atoms with Gasteiger partial charge in [0.05, 0.1) is 18.8 Å². The molecule has 0 bridgehead atoms. The molecule has 3 heterocycles. The first kappa shape index (κ1) is 21.5. The second kappa shape index (κ2) is 9.20. The minimum Gasteiger partial charge on any atom is -0.383 e. The molecule has 0 radical (unpaired) electrons. The number of pyridine rings is 1. The van der Waals surface area contributed by atoms with Gasteiger partial charge in [-0.05, 0) is 44.0 Å². The van der Waals surface area contributed by atoms with Crippen LogP contribution in [0.2, 0.25) is 0 Å². The molecule has 1 aliphatic rings. The molecule has 1 amide bonds. The largest absolute Gasteiger partial charge is 0.383 e. The van der Waals surface area contributed by atoms with Crippen molar-refractivity contribution in [3.8, 4) is 0 Å². The Kier molecular flexibility index (Phi) is 6.39. The van der Waals surface area contributed by atoms with Crippen LogP contribution >= 0.6 is 0 Å². The summed E-state index contributed by atoms with van der Waals surface area (Å²) in [6.07, 6.45) is 5.97. The van der Waals surface area contributed by atoms with Crippen molar-refractivity contribution in [3.05, 3.63) is 71.7 Å². The number of aryl methyl sites for hydroxylation is 1. The molecule has 1 aromatic carbocycles. The van der Waals surface area contributed by atoms with Gasteiger partial charge in [-0.3, -0.25) is 9.69 Å². The highest BCUT2D eigenvalue weighted by Gasteiger charge is 2.41. The van der Waals surface area contributed by atoms with Crippen molar-refractivity contribution in [3.63, 3.8) is 0 Å². The van der Waals surface area contributed by atoms with Crippen LogP contribution in [0.5, 0.6) is 0 Å². The van der Waals surface area contributed by atoms with E-state index in [1.807, 2.05) is 16.8 Å². The second-order valence-electron chi connectivity index (χ2n) is 8.61. The lowest BCUT2D eigenvalue weighted by Gasteiger charge is -2.41. The molecule has 0 atom stereocenters. The third-order valence-corrected chi connectivity index (χ3v) is 6.55. The summed E-state index contributed by atoms with van der Waals surface area (Å²) >= 11 is 0. The number of hydrogen-bond donors (Lipinski definition) is 0. The lowest BCUT2D eigenvalue weighted by atomic mass is 9.70. The summed E-state index contributed by atoms with van der Waals surface area (Å²) in [5, 5.41) is 0. The fourth-order valence-electron chi connectivity index (χ4n) is 4.63. The van der Waals surface area contributed by atoms with Crippen molar-refractivity contribution in [2.45, 2.75) is 25.2 Å². The molecule has 0 saturated carbocycles. The van der Waals surface area contributed by atoms with Crippen molar-refractivity contribution >= 4 is 11.6 Å². The van der Waals surface area contributed by atoms with Gasteiger partial charge in [0.2, 0.25) is 5.91 Å². The molecule has 31 heavy (non-hydrogen) atoms. The van der Waals surface area contributed by atoms with Gasteiger partial charge < -0.3 is 14.0 Å². The van der Waals surface area contributed by atoms with E-state index in [0.717, 1.165) is 43.8 Å². The predicted molar refractivity (Wildman–Crippen MR) is 122 cm³/mol. The van der Waals surface area contributed by atoms with Crippen molar-refractivity contribution in [2.24, 2.45) is 0 Å². The fraction of sp³-hybridized carbons (Fsp3) is 0.440. The molecule has 164 valence electrons. The summed E-state index contributed by atoms with van der Waals surface area (Å²) in [6.45, 7) is 5.38. The quantitative estimate of drug-likeness (QED) is 0.589. The summed E-state index contributed by atoms with van der Waals surface area (Å²) in [6, 6.07) is 14.8. The van der Waals surface area contributed by atoms with E-state index in [9.17, 15) is 4.79 Å². The Labute approximate surface area is 184 Å². The topological polar surface area (TPSA) is 50.1 Å². The SMILES string of the molecule is COCCN(C)CC(=O)N1CCC(c2ccccc2)(c2cn3cccc(C)c3n2)CC1. The Balaban J connectivity index is 1.58. The lowest BCUT2D eigenvalue weighted by molar-refractivity contribution is -0.133. The van der Waals surface area contributed by atoms with E-state index >= 15 is 0 Å². The number of benzene rings is 1. The van der Waals surface area contributed by atoms with Crippen LogP contribution in [-0.2, 0) is 14.9 Å². The van der Waals surface area contributed by atoms with Crippen LogP contribution in [0.15, 0.2) is 54.9 Å². The van der Waals surface area contributed by atoms with Crippen LogP contribution in [0, 0.1) is 6.92 Å². The third kappa shape index (κ3) is 4.36. The Morgan fingerprint density at radius 2 is 1.90 bits per heavy atom. The first-order valence-corrected chi connectivity index (χ1v) is 11.0. The van der Waals surface area contributed by atoms with Crippen molar-refractivity contribution in [2.75, 3.05) is 46.9 Å². The third-order valence-electron chi connectivity index (χ3n) is 6.55. The number of ether oxygens (including phenoxy) is 1. The molecule has 0 N–H and O–H groups in total. The van der Waals surface area contributed by atoms with Gasteiger partial charge in [0.25, 0.3) is 0 Å². The zero-order chi connectivity index (χ0) is 21.8. The molecule has 0 unspecified atom stereocenters. The number of likely N-dealkylation sites (tertiary alicyclic amines) is 1. The van der Waals surface area contributed by atoms with E-state index in [-0.39, 0.29) is 11.3 Å². The minimum absolute atomic E-state index is 0.182. The van der Waals surface area contributed by atoms with Gasteiger partial charge in [0.15, 0.2) is 0 Å². The maximum Gasteiger partial charge on any atom is 0.236 e. The van der Waals surface area contributed by atoms with Crippen LogP contribution in [-0.4, -0.2) is 72.0 Å². The van der Waals surface area contributed by atoms with Gasteiger partial charge in [-0.1, -0.05) is 36.4 Å². The van der Waals surface area contributed by atoms with E-state index in [2.05, 4.69) is 66.2 Å². The monoisotopic (exact) mass is 420 g/mol. The molecule has 1 aliphatic heterocycles. The number of carbonyl (C=O) groups excluding carboxylic acids is 1. The van der Waals surface area contributed by atoms with E-state index in [1.54, 1.807) is 7.11 Å². The summed E-state index contributed by atoms with van der Waals surface area (Å²) < 4.78 is 7.25. The zero-order valence-electron chi connectivity index (χ0n) is 18.8. The molecule has 4 rings (SSSR count). The summed E-state index contributed by atoms with van der Waals surface area (Å²) in [5.41, 5.74) is 4.37. The van der Waals surface area contributed by atoms with Crippen LogP contribution < -0.4 is 0 Å². The first-order chi connectivity index (χ1) is 15.0. The lowest BCUT2D eigenvalue weighted by Crippen LogP contribution is -2.48. The number of methoxy groups -OCH3 is 1. The number of piperidine rings is 1. The van der Waals surface area contributed by atoms with Crippen LogP contribution in [0.3, 0.4) is 0 Å². The number of fused-ring (bicyclic) bond motifs is 1. The van der Waals surface area contributed by atoms with Crippen LogP contribution in [0.4, 0.5) is 0 Å². The molecular weight excluding hydrogens is 388 g/mol. The van der Waals surface area contributed by atoms with Gasteiger partial charge in [0.1, 0.15) is 5.65 Å². The van der Waals surface area contributed by atoms with E-state index < -0.39 is 0 Å². The van der Waals surface area contributed by atoms with Crippen molar-refractivity contribution in [1.29, 1.82) is 0 Å².